The number of allylic oxidation sites excluding steroid dienone is 1. The van der Waals surface area contributed by atoms with E-state index in [1.807, 2.05) is 60.7 Å². The Bertz CT molecular complexity index is 1050. The Balaban J connectivity index is 1.52. The van der Waals surface area contributed by atoms with Crippen LogP contribution in [0, 0.1) is 0 Å². The Labute approximate surface area is 165 Å². The summed E-state index contributed by atoms with van der Waals surface area (Å²) >= 11 is 0. The fourth-order valence-electron chi connectivity index (χ4n) is 3.62. The molecule has 4 rings (SSSR count). The Morgan fingerprint density at radius 3 is 2.29 bits per heavy atom. The van der Waals surface area contributed by atoms with E-state index in [9.17, 15) is 4.79 Å². The predicted octanol–water partition coefficient (Wildman–Crippen LogP) is 6.18. The molecule has 0 aliphatic carbocycles. The average Bonchev–Trinajstić information content (AvgIpc) is 2.68. The molecule has 0 fully saturated rings. The van der Waals surface area contributed by atoms with E-state index in [1.54, 1.807) is 12.1 Å². The van der Waals surface area contributed by atoms with Gasteiger partial charge in [-0.2, -0.15) is 0 Å². The molecule has 0 unspecified atom stereocenters. The maximum Gasteiger partial charge on any atom is 0.343 e. The second kappa shape index (κ2) is 7.01. The van der Waals surface area contributed by atoms with Gasteiger partial charge in [0.1, 0.15) is 5.75 Å². The molecule has 0 bridgehead atoms. The second-order valence-electron chi connectivity index (χ2n) is 7.71. The van der Waals surface area contributed by atoms with Crippen LogP contribution in [0.3, 0.4) is 0 Å². The molecule has 28 heavy (non-hydrogen) atoms. The summed E-state index contributed by atoms with van der Waals surface area (Å²) in [6.07, 6.45) is 2.18. The smallest absolute Gasteiger partial charge is 0.343 e. The summed E-state index contributed by atoms with van der Waals surface area (Å²) in [4.78, 5) is 12.6. The number of esters is 1. The number of benzene rings is 3. The lowest BCUT2D eigenvalue weighted by atomic mass is 9.91. The van der Waals surface area contributed by atoms with Crippen molar-refractivity contribution in [2.24, 2.45) is 0 Å². The van der Waals surface area contributed by atoms with E-state index in [0.717, 1.165) is 22.4 Å². The normalized spacial score (nSPS) is 14.5. The molecule has 140 valence electrons. The number of carbonyl (C=O) groups excluding carboxylic acids is 1. The summed E-state index contributed by atoms with van der Waals surface area (Å²) in [6.45, 7) is 6.34. The quantitative estimate of drug-likeness (QED) is 0.442. The van der Waals surface area contributed by atoms with E-state index in [-0.39, 0.29) is 11.5 Å². The van der Waals surface area contributed by atoms with Crippen molar-refractivity contribution in [1.29, 1.82) is 0 Å². The van der Waals surface area contributed by atoms with Gasteiger partial charge in [-0.05, 0) is 67.8 Å². The highest BCUT2D eigenvalue weighted by Gasteiger charge is 2.23. The topological polar surface area (TPSA) is 38.3 Å². The van der Waals surface area contributed by atoms with Crippen molar-refractivity contribution < 1.29 is 9.53 Å². The second-order valence-corrected chi connectivity index (χ2v) is 7.71. The molecule has 3 heteroatoms. The number of anilines is 1. The fourth-order valence-corrected chi connectivity index (χ4v) is 3.62. The van der Waals surface area contributed by atoms with Gasteiger partial charge in [-0.25, -0.2) is 4.79 Å². The van der Waals surface area contributed by atoms with Crippen LogP contribution in [0.1, 0.15) is 36.7 Å². The van der Waals surface area contributed by atoms with Crippen molar-refractivity contribution in [3.05, 3.63) is 90.0 Å². The van der Waals surface area contributed by atoms with E-state index >= 15 is 0 Å². The van der Waals surface area contributed by atoms with Crippen LogP contribution in [-0.4, -0.2) is 11.5 Å². The predicted molar refractivity (Wildman–Crippen MR) is 115 cm³/mol. The van der Waals surface area contributed by atoms with E-state index in [1.165, 1.54) is 5.57 Å². The van der Waals surface area contributed by atoms with Gasteiger partial charge in [0.15, 0.2) is 0 Å². The lowest BCUT2D eigenvalue weighted by molar-refractivity contribution is 0.0735. The zero-order valence-corrected chi connectivity index (χ0v) is 16.3. The minimum atomic E-state index is -0.356. The number of ether oxygens (including phenoxy) is 1. The summed E-state index contributed by atoms with van der Waals surface area (Å²) in [7, 11) is 0. The number of hydrogen-bond acceptors (Lipinski definition) is 3. The zero-order valence-electron chi connectivity index (χ0n) is 16.3. The van der Waals surface area contributed by atoms with Crippen molar-refractivity contribution in [3.8, 4) is 16.9 Å². The van der Waals surface area contributed by atoms with Gasteiger partial charge >= 0.3 is 5.97 Å². The van der Waals surface area contributed by atoms with Crippen molar-refractivity contribution in [2.75, 3.05) is 5.32 Å². The zero-order chi connectivity index (χ0) is 19.7. The molecule has 0 saturated heterocycles. The van der Waals surface area contributed by atoms with Crippen LogP contribution in [0.15, 0.2) is 78.9 Å². The molecule has 0 atom stereocenters. The van der Waals surface area contributed by atoms with Crippen molar-refractivity contribution >= 4 is 17.2 Å². The standard InChI is InChI=1S/C25H23NO2/c1-17-16-25(2,3)26-23-14-13-21(15-22(17)23)28-24(27)20-11-9-19(10-12-20)18-7-5-4-6-8-18/h4-16,26H,1-3H3. The molecule has 1 aliphatic heterocycles. The van der Waals surface area contributed by atoms with Crippen molar-refractivity contribution in [1.82, 2.24) is 0 Å². The van der Waals surface area contributed by atoms with Crippen LogP contribution in [0.4, 0.5) is 5.69 Å². The summed E-state index contributed by atoms with van der Waals surface area (Å²) in [5, 5.41) is 3.48. The molecule has 0 amide bonds. The van der Waals surface area contributed by atoms with Gasteiger partial charge in [0.2, 0.25) is 0 Å². The van der Waals surface area contributed by atoms with E-state index in [4.69, 9.17) is 4.74 Å². The molecule has 3 nitrogen and oxygen atoms in total. The fraction of sp³-hybridized carbons (Fsp3) is 0.160. The minimum Gasteiger partial charge on any atom is -0.423 e. The molecule has 1 N–H and O–H groups in total. The maximum atomic E-state index is 12.6. The third-order valence-electron chi connectivity index (χ3n) is 4.89. The van der Waals surface area contributed by atoms with Crippen LogP contribution in [0.5, 0.6) is 5.75 Å². The molecule has 0 spiro atoms. The van der Waals surface area contributed by atoms with Gasteiger partial charge in [0, 0.05) is 11.3 Å². The lowest BCUT2D eigenvalue weighted by Gasteiger charge is -2.31. The van der Waals surface area contributed by atoms with Gasteiger partial charge in [-0.1, -0.05) is 48.5 Å². The molecule has 0 saturated carbocycles. The van der Waals surface area contributed by atoms with E-state index in [0.29, 0.717) is 11.3 Å². The van der Waals surface area contributed by atoms with E-state index < -0.39 is 0 Å². The van der Waals surface area contributed by atoms with E-state index in [2.05, 4.69) is 32.2 Å². The number of nitrogens with one attached hydrogen (secondary N) is 1. The van der Waals surface area contributed by atoms with Crippen molar-refractivity contribution in [2.45, 2.75) is 26.3 Å². The first kappa shape index (κ1) is 18.1. The molecule has 3 aromatic carbocycles. The molecule has 0 aromatic heterocycles. The molecule has 3 aromatic rings. The van der Waals surface area contributed by atoms with Gasteiger partial charge in [0.05, 0.1) is 11.1 Å². The highest BCUT2D eigenvalue weighted by molar-refractivity contribution is 5.92. The van der Waals surface area contributed by atoms with Gasteiger partial charge in [0.25, 0.3) is 0 Å². The number of rotatable bonds is 3. The first-order chi connectivity index (χ1) is 13.4. The summed E-state index contributed by atoms with van der Waals surface area (Å²) in [5.41, 5.74) is 5.92. The molecule has 0 radical (unpaired) electrons. The number of hydrogen-bond donors (Lipinski definition) is 1. The molecular weight excluding hydrogens is 346 g/mol. The molecule has 1 heterocycles. The first-order valence-electron chi connectivity index (χ1n) is 9.41. The Kier molecular flexibility index (Phi) is 4.52. The third-order valence-corrected chi connectivity index (χ3v) is 4.89. The van der Waals surface area contributed by atoms with Crippen LogP contribution in [0.25, 0.3) is 16.7 Å². The first-order valence-corrected chi connectivity index (χ1v) is 9.41. The Morgan fingerprint density at radius 1 is 0.893 bits per heavy atom. The van der Waals surface area contributed by atoms with Crippen LogP contribution in [-0.2, 0) is 0 Å². The van der Waals surface area contributed by atoms with Crippen LogP contribution in [0.2, 0.25) is 0 Å². The highest BCUT2D eigenvalue weighted by Crippen LogP contribution is 2.35. The maximum absolute atomic E-state index is 12.6. The summed E-state index contributed by atoms with van der Waals surface area (Å²) in [6, 6.07) is 23.3. The lowest BCUT2D eigenvalue weighted by Crippen LogP contribution is -2.31. The summed E-state index contributed by atoms with van der Waals surface area (Å²) in [5.74, 6) is 0.190. The van der Waals surface area contributed by atoms with Gasteiger partial charge in [-0.15, -0.1) is 0 Å². The Morgan fingerprint density at radius 2 is 1.57 bits per heavy atom. The minimum absolute atomic E-state index is 0.0875. The highest BCUT2D eigenvalue weighted by atomic mass is 16.5. The SMILES string of the molecule is CC1=CC(C)(C)Nc2ccc(OC(=O)c3ccc(-c4ccccc4)cc3)cc21. The average molecular weight is 369 g/mol. The largest absolute Gasteiger partial charge is 0.423 e. The van der Waals surface area contributed by atoms with Crippen molar-refractivity contribution in [3.63, 3.8) is 0 Å². The molecule has 1 aliphatic rings. The van der Waals surface area contributed by atoms with Gasteiger partial charge < -0.3 is 10.1 Å². The van der Waals surface area contributed by atoms with Crippen LogP contribution >= 0.6 is 0 Å². The third kappa shape index (κ3) is 3.70. The monoisotopic (exact) mass is 369 g/mol. The Hall–Kier alpha value is -3.33. The van der Waals surface area contributed by atoms with Gasteiger partial charge in [-0.3, -0.25) is 0 Å². The number of fused-ring (bicyclic) bond motifs is 1. The summed E-state index contributed by atoms with van der Waals surface area (Å²) < 4.78 is 5.62. The number of carbonyl (C=O) groups is 1. The molecular formula is C25H23NO2. The van der Waals surface area contributed by atoms with Crippen LogP contribution < -0.4 is 10.1 Å².